The molecule has 0 saturated heterocycles. The summed E-state index contributed by atoms with van der Waals surface area (Å²) < 4.78 is 1.37. The van der Waals surface area contributed by atoms with Gasteiger partial charge in [0.2, 0.25) is 0 Å². The van der Waals surface area contributed by atoms with Crippen LogP contribution in [0.2, 0.25) is 0 Å². The van der Waals surface area contributed by atoms with Crippen molar-refractivity contribution in [3.8, 4) is 0 Å². The molecule has 1 aromatic carbocycles. The molecule has 1 aromatic rings. The van der Waals surface area contributed by atoms with E-state index in [9.17, 15) is 0 Å². The molecule has 0 fully saturated rings. The molecule has 0 radical (unpaired) electrons. The normalized spacial score (nSPS) is 13.1. The molecule has 0 amide bonds. The molecule has 0 aromatic heterocycles. The predicted molar refractivity (Wildman–Crippen MR) is 69.2 cm³/mol. The van der Waals surface area contributed by atoms with Crippen LogP contribution in [-0.2, 0) is 10.8 Å². The Morgan fingerprint density at radius 2 is 1.07 bits per heavy atom. The molecule has 0 aliphatic carbocycles. The van der Waals surface area contributed by atoms with Crippen LogP contribution >= 0.6 is 0 Å². The van der Waals surface area contributed by atoms with E-state index >= 15 is 0 Å². The van der Waals surface area contributed by atoms with Crippen molar-refractivity contribution < 1.29 is 0 Å². The minimum atomic E-state index is 0.242. The Labute approximate surface area is 104 Å². The summed E-state index contributed by atoms with van der Waals surface area (Å²) in [6.07, 6.45) is 0. The third-order valence-electron chi connectivity index (χ3n) is 2.81. The Bertz CT molecular complexity index is 318. The molecule has 0 aliphatic rings. The van der Waals surface area contributed by atoms with Gasteiger partial charge in [-0.05, 0) is 0 Å². The van der Waals surface area contributed by atoms with Gasteiger partial charge in [-0.3, -0.25) is 0 Å². The third-order valence-corrected chi connectivity index (χ3v) is 2.81. The molecule has 0 nitrogen and oxygen atoms in total. The molecule has 0 N–H and O–H groups in total. The van der Waals surface area contributed by atoms with Crippen LogP contribution in [0.25, 0.3) is 0 Å². The van der Waals surface area contributed by atoms with E-state index < -0.39 is 0 Å². The van der Waals surface area contributed by atoms with Gasteiger partial charge in [0.25, 0.3) is 0 Å². The van der Waals surface area contributed by atoms with E-state index in [1.54, 1.807) is 0 Å². The molecule has 0 aliphatic heterocycles. The van der Waals surface area contributed by atoms with Gasteiger partial charge in [-0.25, -0.2) is 0 Å². The first-order chi connectivity index (χ1) is 6.60. The zero-order valence-corrected chi connectivity index (χ0v) is 11.2. The van der Waals surface area contributed by atoms with Gasteiger partial charge < -0.3 is 0 Å². The second-order valence-corrected chi connectivity index (χ2v) is 6.59. The minimum absolute atomic E-state index is 0.242. The zero-order chi connectivity index (χ0) is 11.9. The van der Waals surface area contributed by atoms with E-state index in [1.165, 1.54) is 15.4 Å². The monoisotopic (exact) mass is 196 g/mol. The Kier molecular flexibility index (Phi) is 3.44. The average Bonchev–Trinajstić information content (AvgIpc) is 1.99. The molecule has 15 heavy (non-hydrogen) atoms. The molecular weight excluding hydrogens is 175 g/mol. The Morgan fingerprint density at radius 1 is 0.733 bits per heavy atom. The van der Waals surface area contributed by atoms with Crippen LogP contribution < -0.4 is 4.24 Å². The summed E-state index contributed by atoms with van der Waals surface area (Å²) in [5.74, 6) is 0. The Hall–Kier alpha value is -0.183. The van der Waals surface area contributed by atoms with Crippen LogP contribution in [0.15, 0.2) is 18.2 Å². The van der Waals surface area contributed by atoms with Crippen LogP contribution in [0, 0.1) is 0 Å². The van der Waals surface area contributed by atoms with Crippen molar-refractivity contribution in [1.29, 1.82) is 0 Å². The van der Waals surface area contributed by atoms with Crippen LogP contribution in [0.3, 0.4) is 0 Å². The van der Waals surface area contributed by atoms with Crippen molar-refractivity contribution >= 4 is 22.0 Å². The fraction of sp³-hybridized carbons (Fsp3) is 0.571. The van der Waals surface area contributed by atoms with E-state index in [0.717, 1.165) is 0 Å². The van der Waals surface area contributed by atoms with Gasteiger partial charge in [-0.2, -0.15) is 0 Å². The summed E-state index contributed by atoms with van der Waals surface area (Å²) in [7, 11) is 0. The van der Waals surface area contributed by atoms with E-state index in [4.69, 9.17) is 0 Å². The first kappa shape index (κ1) is 12.9. The van der Waals surface area contributed by atoms with Crippen LogP contribution in [0.1, 0.15) is 52.7 Å². The van der Waals surface area contributed by atoms with Crippen molar-refractivity contribution in [1.82, 2.24) is 0 Å². The van der Waals surface area contributed by atoms with Gasteiger partial charge in [0, 0.05) is 0 Å². The predicted octanol–water partition coefficient (Wildman–Crippen LogP) is 3.08. The van der Waals surface area contributed by atoms with Crippen LogP contribution in [0.5, 0.6) is 0 Å². The quantitative estimate of drug-likeness (QED) is 0.559. The third kappa shape index (κ3) is 3.40. The van der Waals surface area contributed by atoms with Gasteiger partial charge in [-0.15, -0.1) is 0 Å². The van der Waals surface area contributed by atoms with Gasteiger partial charge in [0.15, 0.2) is 0 Å². The molecule has 0 spiro atoms. The Balaban J connectivity index is 3.30. The molecule has 0 atom stereocenters. The van der Waals surface area contributed by atoms with Crippen LogP contribution in [0.4, 0.5) is 0 Å². The summed E-state index contributed by atoms with van der Waals surface area (Å²) in [5.41, 5.74) is 3.36. The first-order valence-corrected chi connectivity index (χ1v) is 5.73. The number of hydrogen-bond acceptors (Lipinski definition) is 0. The summed E-state index contributed by atoms with van der Waals surface area (Å²) in [4.78, 5) is 0. The van der Waals surface area contributed by atoms with E-state index in [0.29, 0.717) is 0 Å². The SMILES string of the molecule is [Li][c]1cc(C(C)(C)C)cc(C(C)(C)C)c1. The van der Waals surface area contributed by atoms with Gasteiger partial charge in [-0.1, -0.05) is 0 Å². The fourth-order valence-electron chi connectivity index (χ4n) is 1.65. The second-order valence-electron chi connectivity index (χ2n) is 6.59. The summed E-state index contributed by atoms with van der Waals surface area (Å²) in [6.45, 7) is 13.6. The van der Waals surface area contributed by atoms with E-state index in [2.05, 4.69) is 77.5 Å². The van der Waals surface area contributed by atoms with Gasteiger partial charge >= 0.3 is 104 Å². The van der Waals surface area contributed by atoms with Crippen LogP contribution in [-0.4, -0.2) is 17.7 Å². The van der Waals surface area contributed by atoms with Crippen molar-refractivity contribution in [2.45, 2.75) is 52.4 Å². The molecule has 0 heterocycles. The summed E-state index contributed by atoms with van der Waals surface area (Å²) in [5, 5.41) is 0. The van der Waals surface area contributed by atoms with Gasteiger partial charge in [0.1, 0.15) is 0 Å². The van der Waals surface area contributed by atoms with Crippen molar-refractivity contribution in [3.05, 3.63) is 29.3 Å². The molecule has 0 unspecified atom stereocenters. The molecule has 1 heteroatoms. The topological polar surface area (TPSA) is 0 Å². The summed E-state index contributed by atoms with van der Waals surface area (Å²) >= 11 is 2.18. The Morgan fingerprint density at radius 3 is 1.33 bits per heavy atom. The van der Waals surface area contributed by atoms with Crippen molar-refractivity contribution in [2.75, 3.05) is 0 Å². The van der Waals surface area contributed by atoms with E-state index in [1.807, 2.05) is 0 Å². The molecular formula is C14H21Li. The maximum absolute atomic E-state index is 2.35. The fourth-order valence-corrected chi connectivity index (χ4v) is 1.65. The molecule has 0 bridgehead atoms. The van der Waals surface area contributed by atoms with Crippen molar-refractivity contribution in [3.63, 3.8) is 0 Å². The number of benzene rings is 1. The molecule has 0 saturated carbocycles. The number of rotatable bonds is 0. The second kappa shape index (κ2) is 4.00. The maximum atomic E-state index is 2.35. The summed E-state index contributed by atoms with van der Waals surface area (Å²) in [6, 6.07) is 6.96. The molecule has 1 rings (SSSR count). The van der Waals surface area contributed by atoms with Gasteiger partial charge in [0.05, 0.1) is 0 Å². The molecule has 78 valence electrons. The zero-order valence-electron chi connectivity index (χ0n) is 11.2. The standard InChI is InChI=1S/C14H21.Li/c1-13(2,3)11-8-7-9-12(10-11)14(4,5)6;/h8-10H,1-6H3;. The van der Waals surface area contributed by atoms with Crippen molar-refractivity contribution in [2.24, 2.45) is 0 Å². The first-order valence-electron chi connectivity index (χ1n) is 5.73. The average molecular weight is 196 g/mol. The number of hydrogen-bond donors (Lipinski definition) is 0. The van der Waals surface area contributed by atoms with E-state index in [-0.39, 0.29) is 10.8 Å².